The molecule has 0 radical (unpaired) electrons. The summed E-state index contributed by atoms with van der Waals surface area (Å²) in [5.41, 5.74) is 1.73. The van der Waals surface area contributed by atoms with E-state index in [0.717, 1.165) is 5.56 Å². The minimum atomic E-state index is -0.755. The molecule has 3 aromatic carbocycles. The Morgan fingerprint density at radius 3 is 1.62 bits per heavy atom. The van der Waals surface area contributed by atoms with Gasteiger partial charge in [-0.2, -0.15) is 0 Å². The SMILES string of the molecule is O=C(Nc1ccc(Cl)cc1)N(OCc1ccccc1)C(=O)Nc1ccc(Cl)cc1. The summed E-state index contributed by atoms with van der Waals surface area (Å²) < 4.78 is 0. The number of hydrogen-bond acceptors (Lipinski definition) is 3. The first-order valence-electron chi connectivity index (χ1n) is 8.61. The molecule has 3 rings (SSSR count). The summed E-state index contributed by atoms with van der Waals surface area (Å²) in [6.45, 7) is 0.0307. The quantitative estimate of drug-likeness (QED) is 0.474. The molecule has 0 fully saturated rings. The van der Waals surface area contributed by atoms with Crippen LogP contribution in [0.15, 0.2) is 78.9 Å². The average Bonchev–Trinajstić information content (AvgIpc) is 2.72. The molecule has 0 aliphatic rings. The normalized spacial score (nSPS) is 10.3. The molecule has 0 heterocycles. The van der Waals surface area contributed by atoms with Crippen LogP contribution in [0.2, 0.25) is 10.0 Å². The monoisotopic (exact) mass is 429 g/mol. The first-order chi connectivity index (χ1) is 14.0. The van der Waals surface area contributed by atoms with Crippen LogP contribution in [0.1, 0.15) is 5.56 Å². The van der Waals surface area contributed by atoms with Gasteiger partial charge in [0, 0.05) is 21.4 Å². The van der Waals surface area contributed by atoms with Gasteiger partial charge in [-0.05, 0) is 54.1 Å². The van der Waals surface area contributed by atoms with Crippen molar-refractivity contribution in [3.05, 3.63) is 94.5 Å². The second-order valence-electron chi connectivity index (χ2n) is 5.93. The Morgan fingerprint density at radius 1 is 0.724 bits per heavy atom. The Labute approximate surface area is 177 Å². The van der Waals surface area contributed by atoms with Crippen LogP contribution >= 0.6 is 23.2 Å². The highest BCUT2D eigenvalue weighted by Gasteiger charge is 2.23. The minimum Gasteiger partial charge on any atom is -0.306 e. The van der Waals surface area contributed by atoms with Crippen molar-refractivity contribution in [2.45, 2.75) is 6.61 Å². The van der Waals surface area contributed by atoms with Gasteiger partial charge < -0.3 is 10.6 Å². The summed E-state index contributed by atoms with van der Waals surface area (Å²) in [6.07, 6.45) is 0. The van der Waals surface area contributed by atoms with Crippen molar-refractivity contribution in [1.82, 2.24) is 5.06 Å². The minimum absolute atomic E-state index is 0.0307. The van der Waals surface area contributed by atoms with E-state index < -0.39 is 12.1 Å². The number of rotatable bonds is 5. The molecule has 0 aliphatic heterocycles. The molecule has 4 amide bonds. The van der Waals surface area contributed by atoms with Gasteiger partial charge in [-0.1, -0.05) is 53.5 Å². The standard InChI is InChI=1S/C21H17Cl2N3O3/c22-16-6-10-18(11-7-16)24-20(27)26(29-14-15-4-2-1-3-5-15)21(28)25-19-12-8-17(23)9-13-19/h1-13H,14H2,(H,24,27)(H,25,28). The second-order valence-corrected chi connectivity index (χ2v) is 6.80. The maximum atomic E-state index is 12.7. The fourth-order valence-electron chi connectivity index (χ4n) is 2.34. The lowest BCUT2D eigenvalue weighted by Gasteiger charge is -2.21. The number of benzene rings is 3. The van der Waals surface area contributed by atoms with Gasteiger partial charge in [0.05, 0.1) is 0 Å². The van der Waals surface area contributed by atoms with Gasteiger partial charge in [0.2, 0.25) is 0 Å². The summed E-state index contributed by atoms with van der Waals surface area (Å²) in [5, 5.41) is 6.90. The maximum Gasteiger partial charge on any atom is 0.354 e. The predicted molar refractivity (Wildman–Crippen MR) is 114 cm³/mol. The molecule has 0 spiro atoms. The van der Waals surface area contributed by atoms with Crippen LogP contribution in [-0.2, 0) is 11.4 Å². The molecule has 0 bridgehead atoms. The van der Waals surface area contributed by atoms with E-state index >= 15 is 0 Å². The summed E-state index contributed by atoms with van der Waals surface area (Å²) in [5.74, 6) is 0. The molecule has 0 saturated heterocycles. The van der Waals surface area contributed by atoms with E-state index in [1.54, 1.807) is 48.5 Å². The predicted octanol–water partition coefficient (Wildman–Crippen LogP) is 6.19. The third kappa shape index (κ3) is 6.22. The Kier molecular flexibility index (Phi) is 7.08. The van der Waals surface area contributed by atoms with Gasteiger partial charge in [-0.3, -0.25) is 4.84 Å². The number of hydrogen-bond donors (Lipinski definition) is 2. The van der Waals surface area contributed by atoms with Crippen LogP contribution < -0.4 is 10.6 Å². The molecule has 29 heavy (non-hydrogen) atoms. The Balaban J connectivity index is 1.73. The van der Waals surface area contributed by atoms with Crippen molar-refractivity contribution in [1.29, 1.82) is 0 Å². The molecule has 0 atom stereocenters. The van der Waals surface area contributed by atoms with E-state index in [9.17, 15) is 9.59 Å². The van der Waals surface area contributed by atoms with Crippen LogP contribution in [0.4, 0.5) is 21.0 Å². The zero-order valence-corrected chi connectivity index (χ0v) is 16.7. The molecule has 0 aromatic heterocycles. The van der Waals surface area contributed by atoms with E-state index in [-0.39, 0.29) is 6.61 Å². The smallest absolute Gasteiger partial charge is 0.306 e. The first-order valence-corrected chi connectivity index (χ1v) is 9.37. The molecule has 2 N–H and O–H groups in total. The zero-order valence-electron chi connectivity index (χ0n) is 15.1. The molecule has 6 nitrogen and oxygen atoms in total. The second kappa shape index (κ2) is 9.93. The van der Waals surface area contributed by atoms with Gasteiger partial charge in [-0.15, -0.1) is 5.06 Å². The number of nitrogens with zero attached hydrogens (tertiary/aromatic N) is 1. The lowest BCUT2D eigenvalue weighted by atomic mass is 10.2. The Bertz CT molecular complexity index is 905. The number of carbonyl (C=O) groups excluding carboxylic acids is 2. The molecular formula is C21H17Cl2N3O3. The third-order valence-corrected chi connectivity index (χ3v) is 4.27. The highest BCUT2D eigenvalue weighted by atomic mass is 35.5. The van der Waals surface area contributed by atoms with Crippen LogP contribution in [0.25, 0.3) is 0 Å². The van der Waals surface area contributed by atoms with Crippen molar-refractivity contribution < 1.29 is 14.4 Å². The highest BCUT2D eigenvalue weighted by molar-refractivity contribution is 6.31. The largest absolute Gasteiger partial charge is 0.354 e. The van der Waals surface area contributed by atoms with Gasteiger partial charge in [0.25, 0.3) is 0 Å². The van der Waals surface area contributed by atoms with Gasteiger partial charge in [0.15, 0.2) is 0 Å². The Morgan fingerprint density at radius 2 is 1.17 bits per heavy atom. The fraction of sp³-hybridized carbons (Fsp3) is 0.0476. The van der Waals surface area contributed by atoms with Crippen molar-refractivity contribution in [3.8, 4) is 0 Å². The van der Waals surface area contributed by atoms with Crippen LogP contribution in [-0.4, -0.2) is 17.1 Å². The molecule has 0 saturated carbocycles. The van der Waals surface area contributed by atoms with Gasteiger partial charge in [0.1, 0.15) is 6.61 Å². The van der Waals surface area contributed by atoms with E-state index in [0.29, 0.717) is 26.5 Å². The lowest BCUT2D eigenvalue weighted by molar-refractivity contribution is -0.0827. The van der Waals surface area contributed by atoms with E-state index in [4.69, 9.17) is 28.0 Å². The number of amides is 4. The fourth-order valence-corrected chi connectivity index (χ4v) is 2.59. The number of anilines is 2. The maximum absolute atomic E-state index is 12.7. The van der Waals surface area contributed by atoms with Gasteiger partial charge >= 0.3 is 12.1 Å². The summed E-state index contributed by atoms with van der Waals surface area (Å²) >= 11 is 11.7. The first kappa shape index (κ1) is 20.7. The molecule has 3 aromatic rings. The average molecular weight is 430 g/mol. The number of hydroxylamine groups is 2. The lowest BCUT2D eigenvalue weighted by Crippen LogP contribution is -2.42. The zero-order chi connectivity index (χ0) is 20.6. The van der Waals surface area contributed by atoms with Crippen molar-refractivity contribution >= 4 is 46.6 Å². The van der Waals surface area contributed by atoms with E-state index in [2.05, 4.69) is 10.6 Å². The molecular weight excluding hydrogens is 413 g/mol. The van der Waals surface area contributed by atoms with Crippen molar-refractivity contribution in [3.63, 3.8) is 0 Å². The number of halogens is 2. The van der Waals surface area contributed by atoms with E-state index in [1.807, 2.05) is 30.3 Å². The van der Waals surface area contributed by atoms with Crippen LogP contribution in [0.5, 0.6) is 0 Å². The van der Waals surface area contributed by atoms with Crippen LogP contribution in [0, 0.1) is 0 Å². The summed E-state index contributed by atoms with van der Waals surface area (Å²) in [7, 11) is 0. The number of nitrogens with one attached hydrogen (secondary N) is 2. The summed E-state index contributed by atoms with van der Waals surface area (Å²) in [6, 6.07) is 20.7. The molecule has 0 unspecified atom stereocenters. The summed E-state index contributed by atoms with van der Waals surface area (Å²) in [4.78, 5) is 30.9. The Hall–Kier alpha value is -3.06. The number of urea groups is 2. The number of carbonyl (C=O) groups is 2. The van der Waals surface area contributed by atoms with E-state index in [1.165, 1.54) is 0 Å². The number of imide groups is 1. The van der Waals surface area contributed by atoms with Crippen LogP contribution in [0.3, 0.4) is 0 Å². The molecule has 0 aliphatic carbocycles. The topological polar surface area (TPSA) is 70.7 Å². The molecule has 148 valence electrons. The van der Waals surface area contributed by atoms with Gasteiger partial charge in [-0.25, -0.2) is 9.59 Å². The molecule has 8 heteroatoms. The van der Waals surface area contributed by atoms with Crippen molar-refractivity contribution in [2.75, 3.05) is 10.6 Å². The third-order valence-electron chi connectivity index (χ3n) is 3.76. The van der Waals surface area contributed by atoms with Crippen molar-refractivity contribution in [2.24, 2.45) is 0 Å². The highest BCUT2D eigenvalue weighted by Crippen LogP contribution is 2.17.